The van der Waals surface area contributed by atoms with E-state index < -0.39 is 0 Å². The molecular formula is C18H29FN4. The Hall–Kier alpha value is -1.62. The Balaban J connectivity index is 2.06. The van der Waals surface area contributed by atoms with Crippen molar-refractivity contribution in [2.75, 3.05) is 27.2 Å². The fourth-order valence-corrected chi connectivity index (χ4v) is 3.04. The smallest absolute Gasteiger partial charge is 0.191 e. The molecule has 0 amide bonds. The summed E-state index contributed by atoms with van der Waals surface area (Å²) in [5.41, 5.74) is 0.954. The number of guanidine groups is 1. The molecule has 1 fully saturated rings. The number of hydrogen-bond acceptors (Lipinski definition) is 2. The monoisotopic (exact) mass is 320 g/mol. The predicted octanol–water partition coefficient (Wildman–Crippen LogP) is 2.93. The van der Waals surface area contributed by atoms with Crippen LogP contribution in [-0.4, -0.2) is 44.1 Å². The van der Waals surface area contributed by atoms with Crippen LogP contribution in [0.1, 0.15) is 44.2 Å². The summed E-state index contributed by atoms with van der Waals surface area (Å²) in [5.74, 6) is 0.664. The van der Waals surface area contributed by atoms with Crippen molar-refractivity contribution in [2.45, 2.75) is 44.7 Å². The van der Waals surface area contributed by atoms with E-state index >= 15 is 0 Å². The highest BCUT2D eigenvalue weighted by Gasteiger charge is 2.18. The first-order valence-electron chi connectivity index (χ1n) is 8.57. The van der Waals surface area contributed by atoms with Crippen LogP contribution < -0.4 is 10.6 Å². The summed E-state index contributed by atoms with van der Waals surface area (Å²) in [6.45, 7) is 3.51. The second-order valence-electron chi connectivity index (χ2n) is 6.38. The third-order valence-electron chi connectivity index (χ3n) is 4.32. The lowest BCUT2D eigenvalue weighted by atomic mass is 10.1. The molecule has 0 spiro atoms. The summed E-state index contributed by atoms with van der Waals surface area (Å²) in [6, 6.07) is 7.38. The number of benzene rings is 1. The molecule has 1 atom stereocenters. The van der Waals surface area contributed by atoms with Crippen molar-refractivity contribution in [3.05, 3.63) is 35.6 Å². The van der Waals surface area contributed by atoms with Crippen molar-refractivity contribution in [3.63, 3.8) is 0 Å². The minimum Gasteiger partial charge on any atom is -0.357 e. The third kappa shape index (κ3) is 5.50. The van der Waals surface area contributed by atoms with Crippen LogP contribution in [0.4, 0.5) is 4.39 Å². The maximum atomic E-state index is 13.5. The molecule has 2 rings (SSSR count). The Bertz CT molecular complexity index is 509. The Morgan fingerprint density at radius 2 is 2.09 bits per heavy atom. The largest absolute Gasteiger partial charge is 0.357 e. The lowest BCUT2D eigenvalue weighted by Crippen LogP contribution is -2.42. The van der Waals surface area contributed by atoms with Gasteiger partial charge in [-0.25, -0.2) is 4.39 Å². The number of aliphatic imine (C=N–C) groups is 1. The summed E-state index contributed by atoms with van der Waals surface area (Å²) in [7, 11) is 4.00. The van der Waals surface area contributed by atoms with Crippen LogP contribution in [0.15, 0.2) is 29.3 Å². The molecule has 4 nitrogen and oxygen atoms in total. The molecule has 128 valence electrons. The zero-order valence-corrected chi connectivity index (χ0v) is 14.5. The second kappa shape index (κ2) is 8.87. The lowest BCUT2D eigenvalue weighted by molar-refractivity contribution is 0.305. The number of nitrogens with zero attached hydrogens (tertiary/aromatic N) is 2. The first-order valence-corrected chi connectivity index (χ1v) is 8.57. The van der Waals surface area contributed by atoms with E-state index in [1.54, 1.807) is 12.1 Å². The Labute approximate surface area is 139 Å². The van der Waals surface area contributed by atoms with Crippen LogP contribution in [0.2, 0.25) is 0 Å². The van der Waals surface area contributed by atoms with Gasteiger partial charge < -0.3 is 15.5 Å². The quantitative estimate of drug-likeness (QED) is 0.625. The number of rotatable bonds is 6. The maximum absolute atomic E-state index is 13.5. The highest BCUT2D eigenvalue weighted by Crippen LogP contribution is 2.20. The van der Waals surface area contributed by atoms with E-state index in [1.165, 1.54) is 31.7 Å². The number of likely N-dealkylation sites (N-methyl/N-ethyl adjacent to an activating group) is 1. The lowest BCUT2D eigenvalue weighted by Gasteiger charge is -2.24. The molecule has 1 aliphatic rings. The highest BCUT2D eigenvalue weighted by molar-refractivity contribution is 5.80. The van der Waals surface area contributed by atoms with Crippen LogP contribution >= 0.6 is 0 Å². The van der Waals surface area contributed by atoms with E-state index in [0.717, 1.165) is 18.1 Å². The van der Waals surface area contributed by atoms with Crippen molar-refractivity contribution in [2.24, 2.45) is 4.99 Å². The van der Waals surface area contributed by atoms with Gasteiger partial charge >= 0.3 is 0 Å². The number of hydrogen-bond donors (Lipinski definition) is 2. The Morgan fingerprint density at radius 1 is 1.35 bits per heavy atom. The maximum Gasteiger partial charge on any atom is 0.191 e. The Kier molecular flexibility index (Phi) is 6.84. The number of nitrogens with one attached hydrogen (secondary N) is 2. The summed E-state index contributed by atoms with van der Waals surface area (Å²) in [6.07, 6.45) is 5.01. The second-order valence-corrected chi connectivity index (χ2v) is 6.38. The van der Waals surface area contributed by atoms with E-state index in [4.69, 9.17) is 4.99 Å². The summed E-state index contributed by atoms with van der Waals surface area (Å²) in [4.78, 5) is 6.82. The fourth-order valence-electron chi connectivity index (χ4n) is 3.04. The molecule has 1 aromatic rings. The Morgan fingerprint density at radius 3 is 2.70 bits per heavy atom. The molecule has 1 aromatic carbocycles. The highest BCUT2D eigenvalue weighted by atomic mass is 19.1. The van der Waals surface area contributed by atoms with Gasteiger partial charge in [-0.1, -0.05) is 25.0 Å². The standard InChI is InChI=1S/C18H29FN4/c1-4-20-18(22-16-10-5-6-11-16)21-13-17(23(2)3)14-8-7-9-15(19)12-14/h7-9,12,16-17H,4-6,10-11,13H2,1-3H3,(H2,20,21,22). The van der Waals surface area contributed by atoms with E-state index in [9.17, 15) is 4.39 Å². The molecule has 23 heavy (non-hydrogen) atoms. The van der Waals surface area contributed by atoms with Crippen molar-refractivity contribution < 1.29 is 4.39 Å². The molecule has 0 radical (unpaired) electrons. The van der Waals surface area contributed by atoms with Crippen LogP contribution in [0, 0.1) is 5.82 Å². The third-order valence-corrected chi connectivity index (χ3v) is 4.32. The van der Waals surface area contributed by atoms with Crippen LogP contribution in [0.3, 0.4) is 0 Å². The van der Waals surface area contributed by atoms with Gasteiger partial charge in [-0.2, -0.15) is 0 Å². The van der Waals surface area contributed by atoms with Gasteiger partial charge in [0, 0.05) is 12.6 Å². The van der Waals surface area contributed by atoms with E-state index in [2.05, 4.69) is 22.5 Å². The van der Waals surface area contributed by atoms with Gasteiger partial charge in [0.2, 0.25) is 0 Å². The molecule has 0 aromatic heterocycles. The summed E-state index contributed by atoms with van der Waals surface area (Å²) in [5, 5.41) is 6.83. The first-order chi connectivity index (χ1) is 11.1. The van der Waals surface area contributed by atoms with Gasteiger partial charge in [0.15, 0.2) is 5.96 Å². The molecule has 1 unspecified atom stereocenters. The molecule has 1 aliphatic carbocycles. The van der Waals surface area contributed by atoms with E-state index in [0.29, 0.717) is 12.6 Å². The van der Waals surface area contributed by atoms with Crippen molar-refractivity contribution in [1.82, 2.24) is 15.5 Å². The van der Waals surface area contributed by atoms with Gasteiger partial charge in [-0.05, 0) is 51.6 Å². The average molecular weight is 320 g/mol. The zero-order valence-electron chi connectivity index (χ0n) is 14.5. The van der Waals surface area contributed by atoms with Gasteiger partial charge in [-0.3, -0.25) is 4.99 Å². The minimum absolute atomic E-state index is 0.0599. The molecular weight excluding hydrogens is 291 g/mol. The summed E-state index contributed by atoms with van der Waals surface area (Å²) < 4.78 is 13.5. The van der Waals surface area contributed by atoms with Crippen LogP contribution in [0.5, 0.6) is 0 Å². The molecule has 0 saturated heterocycles. The number of halogens is 1. The molecule has 2 N–H and O–H groups in total. The van der Waals surface area contributed by atoms with E-state index in [1.807, 2.05) is 20.2 Å². The molecule has 5 heteroatoms. The van der Waals surface area contributed by atoms with Gasteiger partial charge in [0.05, 0.1) is 12.6 Å². The zero-order chi connectivity index (χ0) is 16.7. The first kappa shape index (κ1) is 17.7. The molecule has 0 heterocycles. The normalized spacial score (nSPS) is 17.5. The molecule has 0 bridgehead atoms. The van der Waals surface area contributed by atoms with Crippen LogP contribution in [-0.2, 0) is 0 Å². The predicted molar refractivity (Wildman–Crippen MR) is 94.2 cm³/mol. The van der Waals surface area contributed by atoms with E-state index in [-0.39, 0.29) is 11.9 Å². The van der Waals surface area contributed by atoms with Gasteiger partial charge in [-0.15, -0.1) is 0 Å². The van der Waals surface area contributed by atoms with Crippen LogP contribution in [0.25, 0.3) is 0 Å². The van der Waals surface area contributed by atoms with Gasteiger partial charge in [0.1, 0.15) is 5.82 Å². The van der Waals surface area contributed by atoms with Gasteiger partial charge in [0.25, 0.3) is 0 Å². The van der Waals surface area contributed by atoms with Crippen molar-refractivity contribution in [3.8, 4) is 0 Å². The van der Waals surface area contributed by atoms with Crippen molar-refractivity contribution in [1.29, 1.82) is 0 Å². The molecule has 1 saturated carbocycles. The fraction of sp³-hybridized carbons (Fsp3) is 0.611. The summed E-state index contributed by atoms with van der Waals surface area (Å²) >= 11 is 0. The average Bonchev–Trinajstić information content (AvgIpc) is 3.00. The SMILES string of the molecule is CCNC(=NCC(c1cccc(F)c1)N(C)C)NC1CCCC1. The minimum atomic E-state index is -0.200. The molecule has 0 aliphatic heterocycles. The van der Waals surface area contributed by atoms with Crippen molar-refractivity contribution >= 4 is 5.96 Å². The topological polar surface area (TPSA) is 39.7 Å².